The maximum absolute atomic E-state index is 12.6. The zero-order valence-electron chi connectivity index (χ0n) is 17.1. The van der Waals surface area contributed by atoms with E-state index in [-0.39, 0.29) is 30.0 Å². The third kappa shape index (κ3) is 4.04. The molecule has 152 valence electrons. The summed E-state index contributed by atoms with van der Waals surface area (Å²) in [6.07, 6.45) is 3.83. The lowest BCUT2D eigenvalue weighted by Gasteiger charge is -2.10. The molecule has 7 nitrogen and oxygen atoms in total. The summed E-state index contributed by atoms with van der Waals surface area (Å²) in [5.74, 6) is 0.376. The van der Waals surface area contributed by atoms with Crippen molar-refractivity contribution in [1.82, 2.24) is 15.6 Å². The molecule has 2 N–H and O–H groups in total. The van der Waals surface area contributed by atoms with Crippen LogP contribution in [0.15, 0.2) is 27.2 Å². The van der Waals surface area contributed by atoms with Crippen LogP contribution in [0.3, 0.4) is 0 Å². The van der Waals surface area contributed by atoms with Crippen LogP contribution in [0.5, 0.6) is 0 Å². The van der Waals surface area contributed by atoms with Gasteiger partial charge in [0.05, 0.1) is 12.7 Å². The van der Waals surface area contributed by atoms with Crippen molar-refractivity contribution in [2.24, 2.45) is 0 Å². The number of amides is 2. The highest BCUT2D eigenvalue weighted by atomic mass is 16.4. The largest absolute Gasteiger partial charge is 0.464 e. The molecule has 2 heterocycles. The number of nitrogens with zero attached hydrogens (tertiary/aromatic N) is 1. The fraction of sp³-hybridized carbons (Fsp3) is 0.409. The number of benzene rings is 1. The molecule has 4 rings (SSSR count). The number of oxazole rings is 1. The van der Waals surface area contributed by atoms with Gasteiger partial charge in [0.2, 0.25) is 11.8 Å². The fourth-order valence-electron chi connectivity index (χ4n) is 3.58. The minimum atomic E-state index is -0.454. The van der Waals surface area contributed by atoms with Crippen molar-refractivity contribution in [3.63, 3.8) is 0 Å². The van der Waals surface area contributed by atoms with Crippen molar-refractivity contribution in [2.45, 2.75) is 59.0 Å². The highest BCUT2D eigenvalue weighted by Crippen LogP contribution is 2.27. The molecule has 7 heteroatoms. The van der Waals surface area contributed by atoms with Crippen LogP contribution in [0.25, 0.3) is 11.0 Å². The fourth-order valence-corrected chi connectivity index (χ4v) is 3.58. The number of rotatable bonds is 6. The van der Waals surface area contributed by atoms with E-state index in [4.69, 9.17) is 8.83 Å². The number of hydrogen-bond donors (Lipinski definition) is 2. The lowest BCUT2D eigenvalue weighted by molar-refractivity contribution is -0.121. The molecular formula is C22H25N3O4. The second kappa shape index (κ2) is 7.39. The van der Waals surface area contributed by atoms with Crippen LogP contribution in [-0.2, 0) is 11.2 Å². The van der Waals surface area contributed by atoms with E-state index >= 15 is 0 Å². The van der Waals surface area contributed by atoms with E-state index in [2.05, 4.69) is 21.7 Å². The number of hydrogen-bond acceptors (Lipinski definition) is 5. The first kappa shape index (κ1) is 19.2. The molecule has 0 spiro atoms. The summed E-state index contributed by atoms with van der Waals surface area (Å²) >= 11 is 0. The number of furan rings is 1. The van der Waals surface area contributed by atoms with Crippen LogP contribution < -0.4 is 10.6 Å². The molecule has 0 radical (unpaired) electrons. The predicted octanol–water partition coefficient (Wildman–Crippen LogP) is 3.66. The van der Waals surface area contributed by atoms with Gasteiger partial charge in [-0.05, 0) is 57.7 Å². The van der Waals surface area contributed by atoms with Crippen LogP contribution in [0, 0.1) is 20.8 Å². The third-order valence-electron chi connectivity index (χ3n) is 5.13. The van der Waals surface area contributed by atoms with Gasteiger partial charge in [-0.15, -0.1) is 0 Å². The number of carbonyl (C=O) groups is 2. The van der Waals surface area contributed by atoms with Gasteiger partial charge in [-0.2, -0.15) is 0 Å². The number of carbonyl (C=O) groups excluding carboxylic acids is 2. The summed E-state index contributed by atoms with van der Waals surface area (Å²) in [7, 11) is 0. The molecule has 3 aromatic rings. The van der Waals surface area contributed by atoms with Crippen molar-refractivity contribution in [1.29, 1.82) is 0 Å². The Labute approximate surface area is 168 Å². The van der Waals surface area contributed by atoms with E-state index in [1.165, 1.54) is 0 Å². The number of fused-ring (bicyclic) bond motifs is 1. The number of aromatic nitrogens is 1. The first-order valence-electron chi connectivity index (χ1n) is 9.86. The van der Waals surface area contributed by atoms with Crippen molar-refractivity contribution >= 4 is 22.8 Å². The topological polar surface area (TPSA) is 97.4 Å². The summed E-state index contributed by atoms with van der Waals surface area (Å²) in [5, 5.41) is 6.77. The van der Waals surface area contributed by atoms with Gasteiger partial charge in [-0.1, -0.05) is 6.07 Å². The molecule has 29 heavy (non-hydrogen) atoms. The second-order valence-corrected chi connectivity index (χ2v) is 7.89. The van der Waals surface area contributed by atoms with E-state index in [1.807, 2.05) is 19.9 Å². The van der Waals surface area contributed by atoms with Crippen LogP contribution in [-0.4, -0.2) is 22.8 Å². The van der Waals surface area contributed by atoms with Gasteiger partial charge in [0, 0.05) is 17.0 Å². The lowest BCUT2D eigenvalue weighted by atomic mass is 10.0. The smallest absolute Gasteiger partial charge is 0.273 e. The van der Waals surface area contributed by atoms with Crippen molar-refractivity contribution in [2.75, 3.05) is 0 Å². The van der Waals surface area contributed by atoms with Crippen molar-refractivity contribution < 1.29 is 18.4 Å². The van der Waals surface area contributed by atoms with E-state index in [0.29, 0.717) is 11.7 Å². The highest BCUT2D eigenvalue weighted by Gasteiger charge is 2.27. The Kier molecular flexibility index (Phi) is 4.90. The summed E-state index contributed by atoms with van der Waals surface area (Å²) in [5.41, 5.74) is 4.11. The first-order chi connectivity index (χ1) is 13.8. The molecule has 0 saturated heterocycles. The van der Waals surface area contributed by atoms with Gasteiger partial charge in [-0.3, -0.25) is 9.59 Å². The van der Waals surface area contributed by atoms with E-state index in [9.17, 15) is 9.59 Å². The molecule has 1 fully saturated rings. The Hall–Kier alpha value is -3.09. The Morgan fingerprint density at radius 1 is 1.24 bits per heavy atom. The van der Waals surface area contributed by atoms with Gasteiger partial charge in [0.25, 0.3) is 5.91 Å². The van der Waals surface area contributed by atoms with Gasteiger partial charge in [-0.25, -0.2) is 4.98 Å². The van der Waals surface area contributed by atoms with Gasteiger partial charge < -0.3 is 19.5 Å². The summed E-state index contributed by atoms with van der Waals surface area (Å²) < 4.78 is 11.3. The molecule has 0 bridgehead atoms. The zero-order chi connectivity index (χ0) is 20.7. The van der Waals surface area contributed by atoms with Gasteiger partial charge in [0.1, 0.15) is 17.4 Å². The Morgan fingerprint density at radius 2 is 2.00 bits per heavy atom. The molecule has 0 aliphatic heterocycles. The van der Waals surface area contributed by atoms with Crippen LogP contribution in [0.4, 0.5) is 0 Å². The minimum absolute atomic E-state index is 0.167. The first-order valence-corrected chi connectivity index (χ1v) is 9.86. The molecule has 1 saturated carbocycles. The van der Waals surface area contributed by atoms with Crippen LogP contribution >= 0.6 is 0 Å². The molecule has 2 aromatic heterocycles. The normalized spacial score (nSPS) is 14.8. The Balaban J connectivity index is 1.44. The summed E-state index contributed by atoms with van der Waals surface area (Å²) in [4.78, 5) is 29.1. The molecule has 1 aliphatic carbocycles. The Morgan fingerprint density at radius 3 is 2.72 bits per heavy atom. The average molecular weight is 395 g/mol. The molecular weight excluding hydrogens is 370 g/mol. The molecule has 1 aliphatic rings. The standard InChI is InChI=1S/C22H25N3O4/c1-11-7-12(2)19-15(10-28-17(19)8-11)9-18(26)23-13(3)22-25-20(14(4)29-22)21(27)24-16-5-6-16/h7-8,10,13,16H,5-6,9H2,1-4H3,(H,23,26)(H,24,27)/t13-/m0/s1. The lowest BCUT2D eigenvalue weighted by Crippen LogP contribution is -2.29. The molecule has 1 aromatic carbocycles. The quantitative estimate of drug-likeness (QED) is 0.664. The second-order valence-electron chi connectivity index (χ2n) is 7.89. The molecule has 1 atom stereocenters. The summed E-state index contributed by atoms with van der Waals surface area (Å²) in [6.45, 7) is 7.52. The zero-order valence-corrected chi connectivity index (χ0v) is 17.1. The van der Waals surface area contributed by atoms with Crippen molar-refractivity contribution in [3.8, 4) is 0 Å². The average Bonchev–Trinajstić information content (AvgIpc) is 3.22. The van der Waals surface area contributed by atoms with Gasteiger partial charge >= 0.3 is 0 Å². The molecule has 0 unspecified atom stereocenters. The Bertz CT molecular complexity index is 1090. The van der Waals surface area contributed by atoms with Crippen LogP contribution in [0.2, 0.25) is 0 Å². The monoisotopic (exact) mass is 395 g/mol. The highest BCUT2D eigenvalue weighted by molar-refractivity contribution is 5.93. The minimum Gasteiger partial charge on any atom is -0.464 e. The number of nitrogens with one attached hydrogen (secondary N) is 2. The van der Waals surface area contributed by atoms with E-state index in [1.54, 1.807) is 20.1 Å². The van der Waals surface area contributed by atoms with Gasteiger partial charge in [0.15, 0.2) is 5.69 Å². The van der Waals surface area contributed by atoms with Crippen LogP contribution in [0.1, 0.15) is 64.6 Å². The maximum atomic E-state index is 12.6. The maximum Gasteiger partial charge on any atom is 0.273 e. The number of aryl methyl sites for hydroxylation is 3. The summed E-state index contributed by atoms with van der Waals surface area (Å²) in [6, 6.07) is 3.84. The van der Waals surface area contributed by atoms with E-state index in [0.717, 1.165) is 40.5 Å². The third-order valence-corrected chi connectivity index (χ3v) is 5.13. The van der Waals surface area contributed by atoms with E-state index < -0.39 is 6.04 Å². The predicted molar refractivity (Wildman–Crippen MR) is 108 cm³/mol. The molecule has 2 amide bonds. The SMILES string of the molecule is Cc1cc(C)c2c(CC(=O)N[C@@H](C)c3nc(C(=O)NC4CC4)c(C)o3)coc2c1. The van der Waals surface area contributed by atoms with Crippen molar-refractivity contribution in [3.05, 3.63) is 52.4 Å².